The van der Waals surface area contributed by atoms with Crippen molar-refractivity contribution in [2.24, 2.45) is 7.05 Å². The summed E-state index contributed by atoms with van der Waals surface area (Å²) in [6.07, 6.45) is 5.04. The number of rotatable bonds is 4. The van der Waals surface area contributed by atoms with Crippen LogP contribution < -0.4 is 10.6 Å². The van der Waals surface area contributed by atoms with Gasteiger partial charge in [-0.05, 0) is 51.1 Å². The van der Waals surface area contributed by atoms with Gasteiger partial charge in [0.1, 0.15) is 11.4 Å². The average molecular weight is 352 g/mol. The summed E-state index contributed by atoms with van der Waals surface area (Å²) in [5.41, 5.74) is 1.36. The van der Waals surface area contributed by atoms with E-state index in [9.17, 15) is 4.79 Å². The van der Waals surface area contributed by atoms with E-state index < -0.39 is 5.54 Å². The largest absolute Gasteiger partial charge is 0.344 e. The maximum absolute atomic E-state index is 13.3. The number of aromatic nitrogens is 4. The van der Waals surface area contributed by atoms with Gasteiger partial charge in [-0.25, -0.2) is 4.98 Å². The number of benzene rings is 1. The van der Waals surface area contributed by atoms with Gasteiger partial charge < -0.3 is 15.2 Å². The predicted molar refractivity (Wildman–Crippen MR) is 99.6 cm³/mol. The highest BCUT2D eigenvalue weighted by Crippen LogP contribution is 2.28. The number of aryl methyl sites for hydroxylation is 1. The minimum Gasteiger partial charge on any atom is -0.344 e. The van der Waals surface area contributed by atoms with Crippen molar-refractivity contribution >= 4 is 16.9 Å². The van der Waals surface area contributed by atoms with Crippen LogP contribution in [0.4, 0.5) is 0 Å². The molecule has 0 spiro atoms. The molecule has 1 amide bonds. The minimum absolute atomic E-state index is 0.00209. The van der Waals surface area contributed by atoms with Gasteiger partial charge in [0.15, 0.2) is 0 Å². The van der Waals surface area contributed by atoms with Crippen molar-refractivity contribution < 1.29 is 4.79 Å². The molecule has 3 aromatic rings. The highest BCUT2D eigenvalue weighted by molar-refractivity contribution is 5.85. The second kappa shape index (κ2) is 6.57. The van der Waals surface area contributed by atoms with Crippen LogP contribution in [0.25, 0.3) is 11.0 Å². The lowest BCUT2D eigenvalue weighted by molar-refractivity contribution is -0.132. The molecule has 0 bridgehead atoms. The maximum atomic E-state index is 13.3. The molecule has 1 saturated heterocycles. The van der Waals surface area contributed by atoms with Crippen LogP contribution in [0.2, 0.25) is 0 Å². The number of carbonyl (C=O) groups is 1. The number of nitrogens with one attached hydrogen (secondary N) is 2. The number of nitrogens with zero attached hydrogens (tertiary/aromatic N) is 4. The number of hydrogen-bond acceptors (Lipinski definition) is 4. The maximum Gasteiger partial charge on any atom is 0.248 e. The van der Waals surface area contributed by atoms with Crippen LogP contribution in [0.1, 0.15) is 31.6 Å². The van der Waals surface area contributed by atoms with Crippen molar-refractivity contribution in [3.05, 3.63) is 48.5 Å². The summed E-state index contributed by atoms with van der Waals surface area (Å²) in [6, 6.07) is 9.68. The van der Waals surface area contributed by atoms with Crippen molar-refractivity contribution in [2.45, 2.75) is 31.3 Å². The van der Waals surface area contributed by atoms with E-state index in [1.54, 1.807) is 6.20 Å². The number of piperidine rings is 1. The van der Waals surface area contributed by atoms with Gasteiger partial charge in [0.2, 0.25) is 5.91 Å². The molecule has 1 aromatic carbocycles. The van der Waals surface area contributed by atoms with Crippen LogP contribution in [0.3, 0.4) is 0 Å². The average Bonchev–Trinajstić information content (AvgIpc) is 3.31. The highest BCUT2D eigenvalue weighted by Gasteiger charge is 2.42. The van der Waals surface area contributed by atoms with Crippen molar-refractivity contribution in [1.29, 1.82) is 0 Å². The van der Waals surface area contributed by atoms with Gasteiger partial charge in [-0.15, -0.1) is 0 Å². The van der Waals surface area contributed by atoms with Crippen molar-refractivity contribution in [1.82, 2.24) is 30.0 Å². The number of imidazole rings is 1. The Balaban J connectivity index is 1.62. The smallest absolute Gasteiger partial charge is 0.248 e. The van der Waals surface area contributed by atoms with Crippen LogP contribution in [0, 0.1) is 0 Å². The zero-order valence-electron chi connectivity index (χ0n) is 15.1. The first kappa shape index (κ1) is 16.8. The molecule has 4 rings (SSSR count). The molecule has 2 aromatic heterocycles. The Morgan fingerprint density at radius 1 is 1.27 bits per heavy atom. The van der Waals surface area contributed by atoms with Gasteiger partial charge in [-0.3, -0.25) is 9.48 Å². The van der Waals surface area contributed by atoms with E-state index in [1.165, 1.54) is 0 Å². The summed E-state index contributed by atoms with van der Waals surface area (Å²) in [6.45, 7) is 3.58. The second-order valence-electron chi connectivity index (χ2n) is 6.95. The molecule has 0 saturated carbocycles. The monoisotopic (exact) mass is 352 g/mol. The third-order valence-corrected chi connectivity index (χ3v) is 5.35. The van der Waals surface area contributed by atoms with Gasteiger partial charge in [-0.1, -0.05) is 12.1 Å². The molecule has 3 heterocycles. The van der Waals surface area contributed by atoms with E-state index in [2.05, 4.69) is 15.7 Å². The zero-order chi connectivity index (χ0) is 18.1. The second-order valence-corrected chi connectivity index (χ2v) is 6.95. The van der Waals surface area contributed by atoms with E-state index >= 15 is 0 Å². The summed E-state index contributed by atoms with van der Waals surface area (Å²) in [5, 5.41) is 10.9. The molecule has 1 aliphatic rings. The SMILES string of the molecule is CC(NC(=O)C1(n2cccn2)CCNCC1)c1nc2ccccc2n1C. The van der Waals surface area contributed by atoms with E-state index in [4.69, 9.17) is 4.98 Å². The minimum atomic E-state index is -0.645. The van der Waals surface area contributed by atoms with Gasteiger partial charge in [-0.2, -0.15) is 5.10 Å². The van der Waals surface area contributed by atoms with Crippen LogP contribution >= 0.6 is 0 Å². The van der Waals surface area contributed by atoms with Gasteiger partial charge >= 0.3 is 0 Å². The van der Waals surface area contributed by atoms with E-state index in [0.29, 0.717) is 0 Å². The zero-order valence-corrected chi connectivity index (χ0v) is 15.1. The topological polar surface area (TPSA) is 76.8 Å². The summed E-state index contributed by atoms with van der Waals surface area (Å²) >= 11 is 0. The first-order chi connectivity index (χ1) is 12.6. The van der Waals surface area contributed by atoms with Crippen molar-refractivity contribution in [3.8, 4) is 0 Å². The molecule has 7 nitrogen and oxygen atoms in total. The third-order valence-electron chi connectivity index (χ3n) is 5.35. The standard InChI is InChI=1S/C19H24N6O/c1-14(17-23-15-6-3-4-7-16(15)24(17)2)22-18(26)19(8-11-20-12-9-19)25-13-5-10-21-25/h3-7,10,13-14,20H,8-9,11-12H2,1-2H3,(H,22,26). The molecular weight excluding hydrogens is 328 g/mol. The summed E-state index contributed by atoms with van der Waals surface area (Å²) < 4.78 is 3.86. The third kappa shape index (κ3) is 2.68. The molecule has 1 unspecified atom stereocenters. The van der Waals surface area contributed by atoms with Gasteiger partial charge in [0, 0.05) is 19.4 Å². The Morgan fingerprint density at radius 3 is 2.73 bits per heavy atom. The van der Waals surface area contributed by atoms with Crippen LogP contribution in [0.15, 0.2) is 42.7 Å². The van der Waals surface area contributed by atoms with Crippen molar-refractivity contribution in [2.75, 3.05) is 13.1 Å². The molecule has 26 heavy (non-hydrogen) atoms. The molecule has 0 aliphatic carbocycles. The van der Waals surface area contributed by atoms with Gasteiger partial charge in [0.25, 0.3) is 0 Å². The highest BCUT2D eigenvalue weighted by atomic mass is 16.2. The number of carbonyl (C=O) groups excluding carboxylic acids is 1. The lowest BCUT2D eigenvalue weighted by Crippen LogP contribution is -2.55. The Kier molecular flexibility index (Phi) is 4.24. The first-order valence-electron chi connectivity index (χ1n) is 9.05. The fourth-order valence-corrected chi connectivity index (χ4v) is 3.87. The fraction of sp³-hybridized carbons (Fsp3) is 0.421. The number of para-hydroxylation sites is 2. The lowest BCUT2D eigenvalue weighted by atomic mass is 9.87. The fourth-order valence-electron chi connectivity index (χ4n) is 3.87. The Labute approximate surface area is 152 Å². The molecule has 1 fully saturated rings. The predicted octanol–water partition coefficient (Wildman–Crippen LogP) is 1.73. The van der Waals surface area contributed by atoms with Gasteiger partial charge in [0.05, 0.1) is 17.1 Å². The van der Waals surface area contributed by atoms with Crippen molar-refractivity contribution in [3.63, 3.8) is 0 Å². The normalized spacial score (nSPS) is 17.9. The summed E-state index contributed by atoms with van der Waals surface area (Å²) in [5.74, 6) is 0.853. The van der Waals surface area contributed by atoms with E-state index in [0.717, 1.165) is 42.8 Å². The molecule has 136 valence electrons. The number of fused-ring (bicyclic) bond motifs is 1. The molecule has 0 radical (unpaired) electrons. The van der Waals surface area contributed by atoms with Crippen LogP contribution in [0.5, 0.6) is 0 Å². The summed E-state index contributed by atoms with van der Waals surface area (Å²) in [7, 11) is 1.99. The van der Waals surface area contributed by atoms with E-state index in [1.807, 2.05) is 59.7 Å². The van der Waals surface area contributed by atoms with E-state index in [-0.39, 0.29) is 11.9 Å². The molecule has 1 aliphatic heterocycles. The molecule has 7 heteroatoms. The molecule has 1 atom stereocenters. The van der Waals surface area contributed by atoms with Crippen LogP contribution in [-0.4, -0.2) is 38.3 Å². The number of hydrogen-bond donors (Lipinski definition) is 2. The molecular formula is C19H24N6O. The quantitative estimate of drug-likeness (QED) is 0.750. The summed E-state index contributed by atoms with van der Waals surface area (Å²) in [4.78, 5) is 18.0. The molecule has 2 N–H and O–H groups in total. The number of amides is 1. The Bertz CT molecular complexity index is 907. The Hall–Kier alpha value is -2.67. The first-order valence-corrected chi connectivity index (χ1v) is 9.05. The lowest BCUT2D eigenvalue weighted by Gasteiger charge is -2.37. The Morgan fingerprint density at radius 2 is 2.04 bits per heavy atom. The van der Waals surface area contributed by atoms with Crippen LogP contribution in [-0.2, 0) is 17.4 Å².